The van der Waals surface area contributed by atoms with Gasteiger partial charge in [-0.15, -0.1) is 0 Å². The molecule has 3 aliphatic rings. The first-order chi connectivity index (χ1) is 26.5. The van der Waals surface area contributed by atoms with E-state index < -0.39 is 23.6 Å². The van der Waals surface area contributed by atoms with E-state index in [4.69, 9.17) is 5.73 Å². The van der Waals surface area contributed by atoms with Gasteiger partial charge in [-0.1, -0.05) is 63.3 Å². The fourth-order valence-electron chi connectivity index (χ4n) is 10.5. The minimum atomic E-state index is -1.06. The summed E-state index contributed by atoms with van der Waals surface area (Å²) in [5.74, 6) is -0.672. The summed E-state index contributed by atoms with van der Waals surface area (Å²) in [5, 5.41) is 55.5. The topological polar surface area (TPSA) is 173 Å². The fourth-order valence-corrected chi connectivity index (χ4v) is 10.5. The number of rotatable bonds is 15. The van der Waals surface area contributed by atoms with E-state index >= 15 is 0 Å². The second-order valence-corrected chi connectivity index (χ2v) is 17.4. The van der Waals surface area contributed by atoms with Gasteiger partial charge in [0.15, 0.2) is 0 Å². The van der Waals surface area contributed by atoms with Crippen LogP contribution in [0.5, 0.6) is 5.75 Å². The lowest BCUT2D eigenvalue weighted by atomic mass is 9.69. The Balaban J connectivity index is 1.19. The molecule has 300 valence electrons. The molecule has 0 spiro atoms. The predicted molar refractivity (Wildman–Crippen MR) is 216 cm³/mol. The molecular weight excluding hydrogens is 691 g/mol. The number of nitrogens with zero attached hydrogens (tertiary/aromatic N) is 1. The Labute approximate surface area is 327 Å². The van der Waals surface area contributed by atoms with E-state index in [0.717, 1.165) is 67.3 Å². The number of aliphatic carboxylic acids is 1. The molecule has 0 amide bonds. The summed E-state index contributed by atoms with van der Waals surface area (Å²) >= 11 is 0. The van der Waals surface area contributed by atoms with Crippen LogP contribution in [0.25, 0.3) is 0 Å². The smallest absolute Gasteiger partial charge is 0.309 e. The van der Waals surface area contributed by atoms with Gasteiger partial charge in [0.25, 0.3) is 0 Å². The van der Waals surface area contributed by atoms with Gasteiger partial charge >= 0.3 is 5.97 Å². The first-order valence-electron chi connectivity index (χ1n) is 21.2. The van der Waals surface area contributed by atoms with Crippen molar-refractivity contribution < 1.29 is 30.3 Å². The molecule has 9 heteroatoms. The van der Waals surface area contributed by atoms with Crippen LogP contribution in [0.1, 0.15) is 132 Å². The van der Waals surface area contributed by atoms with Crippen molar-refractivity contribution in [2.24, 2.45) is 35.5 Å². The number of aliphatic hydroxyl groups is 3. The van der Waals surface area contributed by atoms with Crippen LogP contribution in [0.4, 0.5) is 5.82 Å². The number of hydrogen-bond donors (Lipinski definition) is 7. The number of pyridine rings is 1. The highest BCUT2D eigenvalue weighted by Gasteiger charge is 2.51. The third-order valence-electron chi connectivity index (χ3n) is 13.4. The van der Waals surface area contributed by atoms with Crippen molar-refractivity contribution in [1.29, 1.82) is 0 Å². The summed E-state index contributed by atoms with van der Waals surface area (Å²) in [4.78, 5) is 20.7. The number of carboxylic acids is 1. The first-order valence-corrected chi connectivity index (χ1v) is 21.2. The van der Waals surface area contributed by atoms with Crippen molar-refractivity contribution in [2.45, 2.75) is 140 Å². The molecule has 3 aromatic rings. The van der Waals surface area contributed by atoms with Gasteiger partial charge in [-0.3, -0.25) is 4.79 Å². The number of aromatic hydroxyl groups is 1. The van der Waals surface area contributed by atoms with Crippen molar-refractivity contribution in [3.05, 3.63) is 89.4 Å². The van der Waals surface area contributed by atoms with E-state index in [-0.39, 0.29) is 47.9 Å². The number of benzene rings is 1. The minimum Gasteiger partial charge on any atom is -0.508 e. The molecule has 2 fully saturated rings. The Kier molecular flexibility index (Phi) is 14.1. The van der Waals surface area contributed by atoms with Crippen molar-refractivity contribution in [2.75, 3.05) is 5.73 Å². The van der Waals surface area contributed by atoms with Gasteiger partial charge in [0.2, 0.25) is 0 Å². The molecular formula is C46H65N3O6. The van der Waals surface area contributed by atoms with Crippen molar-refractivity contribution in [3.8, 4) is 5.75 Å². The molecule has 0 aliphatic heterocycles. The SMILES string of the molecule is CCCCC[C@@H]1C=C[C@@H](CCCC[C@H]2CC[C@@H](c3cc(Cc4ccc(O)cc4)c[nH]3)[C@@H]3C[C@H](Cc4ccnc(N)c4)C[C@@]3(O)CC[C@H](O)[C@H]2C(=O)O)[C@H](O)C1. The maximum absolute atomic E-state index is 12.9. The van der Waals surface area contributed by atoms with E-state index in [1.165, 1.54) is 19.3 Å². The highest BCUT2D eigenvalue weighted by atomic mass is 16.4. The molecule has 8 N–H and O–H groups in total. The monoisotopic (exact) mass is 755 g/mol. The summed E-state index contributed by atoms with van der Waals surface area (Å²) < 4.78 is 0. The highest BCUT2D eigenvalue weighted by molar-refractivity contribution is 5.71. The molecule has 9 nitrogen and oxygen atoms in total. The third-order valence-corrected chi connectivity index (χ3v) is 13.4. The van der Waals surface area contributed by atoms with E-state index in [0.29, 0.717) is 50.3 Å². The van der Waals surface area contributed by atoms with Gasteiger partial charge in [-0.2, -0.15) is 0 Å². The second-order valence-electron chi connectivity index (χ2n) is 17.4. The van der Waals surface area contributed by atoms with Crippen LogP contribution in [0.15, 0.2) is 67.0 Å². The van der Waals surface area contributed by atoms with E-state index in [9.17, 15) is 30.3 Å². The van der Waals surface area contributed by atoms with Gasteiger partial charge in [0.1, 0.15) is 11.6 Å². The Morgan fingerprint density at radius 2 is 1.69 bits per heavy atom. The largest absolute Gasteiger partial charge is 0.508 e. The molecule has 0 saturated heterocycles. The molecule has 2 saturated carbocycles. The lowest BCUT2D eigenvalue weighted by molar-refractivity contribution is -0.150. The number of unbranched alkanes of at least 4 members (excludes halogenated alkanes) is 3. The molecule has 0 unspecified atom stereocenters. The molecule has 1 aromatic carbocycles. The Hall–Kier alpha value is -3.66. The van der Waals surface area contributed by atoms with Crippen LogP contribution in [0.2, 0.25) is 0 Å². The number of aromatic amines is 1. The predicted octanol–water partition coefficient (Wildman–Crippen LogP) is 8.32. The number of phenolic OH excluding ortho intramolecular Hbond substituents is 1. The first kappa shape index (κ1) is 41.0. The number of fused-ring (bicyclic) bond motifs is 1. The quantitative estimate of drug-likeness (QED) is 0.0599. The zero-order valence-corrected chi connectivity index (χ0v) is 32.7. The number of carboxylic acid groups (broad SMARTS) is 1. The van der Waals surface area contributed by atoms with E-state index in [2.05, 4.69) is 35.1 Å². The van der Waals surface area contributed by atoms with Crippen LogP contribution in [0.3, 0.4) is 0 Å². The van der Waals surface area contributed by atoms with E-state index in [1.807, 2.05) is 30.5 Å². The van der Waals surface area contributed by atoms with Gasteiger partial charge in [0, 0.05) is 29.9 Å². The summed E-state index contributed by atoms with van der Waals surface area (Å²) in [6.07, 6.45) is 20.6. The second kappa shape index (κ2) is 19.0. The standard InChI is InChI=1S/C46H65N3O6/c1-2-3-4-7-30-10-13-35(42(52)26-30)8-5-6-9-36-14-17-38(40-25-34(29-49-40)22-31-11-15-37(50)16-12-31)39-24-33(23-32-19-21-48-43(47)27-32)28-46(39,55)20-18-41(51)44(36)45(53)54/h10-13,15-16,19,21,25,27,29-30,33,35-36,38-39,41-42,44,49-52,55H,2-9,14,17-18,20,22-24,26,28H2,1H3,(H2,47,48)(H,53,54)/t30-,33+,35-,36+,38-,39+,41+,42-,44+,46+/m1/s1. The molecule has 6 rings (SSSR count). The zero-order valence-electron chi connectivity index (χ0n) is 32.7. The molecule has 2 heterocycles. The van der Waals surface area contributed by atoms with E-state index in [1.54, 1.807) is 18.3 Å². The Morgan fingerprint density at radius 1 is 0.909 bits per heavy atom. The number of nitrogen functional groups attached to an aromatic ring is 1. The van der Waals surface area contributed by atoms with Gasteiger partial charge < -0.3 is 36.3 Å². The van der Waals surface area contributed by atoms with Gasteiger partial charge in [-0.25, -0.2) is 4.98 Å². The number of allylic oxidation sites excluding steroid dienone is 1. The van der Waals surface area contributed by atoms with Crippen LogP contribution in [-0.2, 0) is 17.6 Å². The van der Waals surface area contributed by atoms with Crippen molar-refractivity contribution in [1.82, 2.24) is 9.97 Å². The number of anilines is 1. The van der Waals surface area contributed by atoms with Crippen LogP contribution >= 0.6 is 0 Å². The summed E-state index contributed by atoms with van der Waals surface area (Å²) in [7, 11) is 0. The number of nitrogens with one attached hydrogen (secondary N) is 1. The molecule has 2 aromatic heterocycles. The highest BCUT2D eigenvalue weighted by Crippen LogP contribution is 2.53. The average molecular weight is 756 g/mol. The molecule has 0 radical (unpaired) electrons. The van der Waals surface area contributed by atoms with Crippen LogP contribution in [-0.4, -0.2) is 59.3 Å². The number of H-pyrrole nitrogens is 1. The lowest BCUT2D eigenvalue weighted by Crippen LogP contribution is -2.42. The zero-order chi connectivity index (χ0) is 39.0. The molecule has 3 aliphatic carbocycles. The van der Waals surface area contributed by atoms with Gasteiger partial charge in [-0.05, 0) is 148 Å². The lowest BCUT2D eigenvalue weighted by Gasteiger charge is -2.39. The Morgan fingerprint density at radius 3 is 2.44 bits per heavy atom. The van der Waals surface area contributed by atoms with Gasteiger partial charge in [0.05, 0.1) is 23.7 Å². The third kappa shape index (κ3) is 10.8. The molecule has 0 bridgehead atoms. The average Bonchev–Trinajstić information content (AvgIpc) is 3.74. The number of aromatic nitrogens is 2. The number of hydrogen-bond acceptors (Lipinski definition) is 7. The van der Waals surface area contributed by atoms with Crippen molar-refractivity contribution in [3.63, 3.8) is 0 Å². The summed E-state index contributed by atoms with van der Waals surface area (Å²) in [6, 6.07) is 13.3. The van der Waals surface area contributed by atoms with Crippen LogP contribution < -0.4 is 5.73 Å². The minimum absolute atomic E-state index is 0.0222. The normalized spacial score (nSPS) is 31.2. The van der Waals surface area contributed by atoms with Crippen molar-refractivity contribution >= 4 is 11.8 Å². The summed E-state index contributed by atoms with van der Waals surface area (Å²) in [5.41, 5.74) is 9.32. The molecule has 55 heavy (non-hydrogen) atoms. The number of nitrogens with two attached hydrogens (primary N) is 1. The molecule has 10 atom stereocenters. The Bertz CT molecular complexity index is 1690. The summed E-state index contributed by atoms with van der Waals surface area (Å²) in [6.45, 7) is 2.21. The number of carbonyl (C=O) groups is 1. The number of aliphatic hydroxyl groups excluding tert-OH is 2. The van der Waals surface area contributed by atoms with Crippen LogP contribution in [0, 0.1) is 35.5 Å². The maximum atomic E-state index is 12.9. The maximum Gasteiger partial charge on any atom is 0.309 e. The fraction of sp³-hybridized carbons (Fsp3) is 0.609. The number of phenols is 1.